The second-order valence-corrected chi connectivity index (χ2v) is 31.4. The van der Waals surface area contributed by atoms with Gasteiger partial charge in [-0.15, -0.1) is 0 Å². The summed E-state index contributed by atoms with van der Waals surface area (Å²) in [7, 11) is 0. The summed E-state index contributed by atoms with van der Waals surface area (Å²) in [6, 6.07) is -0.970. The number of amides is 1. The van der Waals surface area contributed by atoms with Crippen molar-refractivity contribution >= 4 is 5.91 Å². The number of carbonyl (C=O) groups is 1. The summed E-state index contributed by atoms with van der Waals surface area (Å²) in [5.41, 5.74) is 0. The predicted molar refractivity (Wildman–Crippen MR) is 411 cm³/mol. The molecule has 3 aliphatic rings. The molecule has 19 heteroatoms. The van der Waals surface area contributed by atoms with Crippen LogP contribution in [0.25, 0.3) is 0 Å². The van der Waals surface area contributed by atoms with Crippen LogP contribution < -0.4 is 5.32 Å². The summed E-state index contributed by atoms with van der Waals surface area (Å²) in [5, 5.41) is 121. The highest BCUT2D eigenvalue weighted by molar-refractivity contribution is 5.76. The molecule has 12 N–H and O–H groups in total. The first kappa shape index (κ1) is 95.7. The Kier molecular flexibility index (Phi) is 60.7. The van der Waals surface area contributed by atoms with Gasteiger partial charge in [-0.2, -0.15) is 0 Å². The minimum atomic E-state index is -1.98. The molecule has 3 rings (SSSR count). The van der Waals surface area contributed by atoms with Crippen LogP contribution in [0.3, 0.4) is 0 Å². The molecular formula is C84H161NO18. The molecule has 0 spiro atoms. The first-order valence-corrected chi connectivity index (χ1v) is 43.4. The lowest BCUT2D eigenvalue weighted by Gasteiger charge is -2.48. The van der Waals surface area contributed by atoms with Crippen molar-refractivity contribution in [2.75, 3.05) is 26.4 Å². The first-order chi connectivity index (χ1) is 50.3. The Labute approximate surface area is 626 Å². The third-order valence-corrected chi connectivity index (χ3v) is 22.1. The van der Waals surface area contributed by atoms with Crippen LogP contribution >= 0.6 is 0 Å². The van der Waals surface area contributed by atoms with E-state index in [2.05, 4.69) is 19.2 Å². The zero-order chi connectivity index (χ0) is 74.6. The molecule has 3 fully saturated rings. The topological polar surface area (TPSA) is 307 Å². The lowest BCUT2D eigenvalue weighted by molar-refractivity contribution is -0.379. The maximum absolute atomic E-state index is 13.5. The molecule has 0 radical (unpaired) electrons. The third-order valence-electron chi connectivity index (χ3n) is 22.1. The highest BCUT2D eigenvalue weighted by Gasteiger charge is 2.54. The van der Waals surface area contributed by atoms with Gasteiger partial charge in [-0.25, -0.2) is 0 Å². The molecule has 1 amide bonds. The standard InChI is InChI=1S/C84H161NO18/c1-3-5-7-9-11-13-15-17-19-21-23-25-26-27-28-29-30-31-32-33-34-35-36-37-38-39-40-42-44-46-48-50-52-54-56-58-60-62-72(90)85-67(68(89)61-59-57-55-53-51-49-47-45-43-41-24-22-20-18-16-14-12-10-8-6-4-2)66-98-82-78(96)75(93)80(70(64-87)100-82)103-84-79(97)76(94)81(71(65-88)101-84)102-83-77(95)74(92)73(91)69(63-86)99-83/h59,61,67-71,73-84,86-89,91-97H,3-58,60,62-66H2,1-2H3,(H,85,90)/b61-59+. The van der Waals surface area contributed by atoms with Crippen LogP contribution in [0.1, 0.15) is 386 Å². The number of ether oxygens (including phenoxy) is 6. The number of nitrogens with one attached hydrogen (secondary N) is 1. The van der Waals surface area contributed by atoms with E-state index in [0.29, 0.717) is 6.42 Å². The van der Waals surface area contributed by atoms with Crippen molar-refractivity contribution in [1.82, 2.24) is 5.32 Å². The molecule has 0 aromatic heterocycles. The van der Waals surface area contributed by atoms with Crippen molar-refractivity contribution in [2.45, 2.75) is 491 Å². The second-order valence-electron chi connectivity index (χ2n) is 31.4. The summed E-state index contributed by atoms with van der Waals surface area (Å²) in [6.07, 6.45) is 52.3. The van der Waals surface area contributed by atoms with Crippen molar-refractivity contribution in [3.8, 4) is 0 Å². The molecule has 3 saturated heterocycles. The zero-order valence-electron chi connectivity index (χ0n) is 65.6. The fraction of sp³-hybridized carbons (Fsp3) is 0.964. The fourth-order valence-corrected chi connectivity index (χ4v) is 15.1. The van der Waals surface area contributed by atoms with E-state index in [1.54, 1.807) is 6.08 Å². The van der Waals surface area contributed by atoms with Crippen LogP contribution in [0.15, 0.2) is 12.2 Å². The van der Waals surface area contributed by atoms with E-state index in [9.17, 15) is 61.0 Å². The van der Waals surface area contributed by atoms with E-state index < -0.39 is 124 Å². The lowest BCUT2D eigenvalue weighted by atomic mass is 9.96. The van der Waals surface area contributed by atoms with E-state index in [1.807, 2.05) is 6.08 Å². The predicted octanol–water partition coefficient (Wildman–Crippen LogP) is 15.5. The molecule has 17 atom stereocenters. The molecule has 0 aromatic carbocycles. The van der Waals surface area contributed by atoms with Crippen LogP contribution in [0, 0.1) is 0 Å². The first-order valence-electron chi connectivity index (χ1n) is 43.4. The smallest absolute Gasteiger partial charge is 0.220 e. The number of allylic oxidation sites excluding steroid dienone is 1. The molecule has 19 nitrogen and oxygen atoms in total. The molecule has 3 aliphatic heterocycles. The lowest BCUT2D eigenvalue weighted by Crippen LogP contribution is -2.66. The molecule has 0 aliphatic carbocycles. The highest BCUT2D eigenvalue weighted by Crippen LogP contribution is 2.34. The normalized spacial score (nSPS) is 26.0. The maximum atomic E-state index is 13.5. The Bertz CT molecular complexity index is 1910. The van der Waals surface area contributed by atoms with E-state index in [-0.39, 0.29) is 18.9 Å². The molecule has 0 saturated carbocycles. The van der Waals surface area contributed by atoms with Gasteiger partial charge in [-0.05, 0) is 19.3 Å². The Morgan fingerprint density at radius 1 is 0.340 bits per heavy atom. The van der Waals surface area contributed by atoms with Crippen LogP contribution in [-0.2, 0) is 33.2 Å². The van der Waals surface area contributed by atoms with Crippen molar-refractivity contribution in [3.63, 3.8) is 0 Å². The number of carbonyl (C=O) groups excluding carboxylic acids is 1. The van der Waals surface area contributed by atoms with Crippen molar-refractivity contribution in [3.05, 3.63) is 12.2 Å². The quantitative estimate of drug-likeness (QED) is 0.0199. The molecule has 0 bridgehead atoms. The van der Waals surface area contributed by atoms with Crippen LogP contribution in [0.2, 0.25) is 0 Å². The summed E-state index contributed by atoms with van der Waals surface area (Å²) in [6.45, 7) is 1.81. The zero-order valence-corrected chi connectivity index (χ0v) is 65.6. The molecular weight excluding hydrogens is 1310 g/mol. The summed E-state index contributed by atoms with van der Waals surface area (Å²) >= 11 is 0. The Morgan fingerprint density at radius 3 is 0.913 bits per heavy atom. The van der Waals surface area contributed by atoms with Gasteiger partial charge in [0.25, 0.3) is 0 Å². The van der Waals surface area contributed by atoms with Gasteiger partial charge in [0.1, 0.15) is 73.2 Å². The van der Waals surface area contributed by atoms with Gasteiger partial charge < -0.3 is 89.9 Å². The van der Waals surface area contributed by atoms with E-state index in [4.69, 9.17) is 28.4 Å². The van der Waals surface area contributed by atoms with Crippen molar-refractivity contribution < 1.29 is 89.4 Å². The minimum absolute atomic E-state index is 0.250. The van der Waals surface area contributed by atoms with Gasteiger partial charge in [-0.1, -0.05) is 373 Å². The van der Waals surface area contributed by atoms with Crippen LogP contribution in [0.5, 0.6) is 0 Å². The number of rotatable bonds is 71. The number of aliphatic hydroxyl groups is 11. The second kappa shape index (κ2) is 65.3. The summed E-state index contributed by atoms with van der Waals surface area (Å²) in [4.78, 5) is 13.5. The largest absolute Gasteiger partial charge is 0.394 e. The van der Waals surface area contributed by atoms with Gasteiger partial charge in [0.05, 0.1) is 38.6 Å². The van der Waals surface area contributed by atoms with Crippen LogP contribution in [-0.4, -0.2) is 193 Å². The molecule has 3 heterocycles. The average Bonchev–Trinajstić information content (AvgIpc) is 0.781. The van der Waals surface area contributed by atoms with Crippen LogP contribution in [0.4, 0.5) is 0 Å². The molecule has 0 aromatic rings. The number of unbranched alkanes of at least 4 members (excludes halogenated alkanes) is 55. The van der Waals surface area contributed by atoms with E-state index in [0.717, 1.165) is 44.9 Å². The SMILES string of the molecule is CCCCCCCCCCCCCCCCCCCCC/C=C/C(O)C(COC1OC(CO)C(OC2OC(CO)C(OC3OC(CO)C(O)C(O)C3O)C(O)C2O)C(O)C1O)NC(=O)CCCCCCCCCCCCCCCCCCCCCCCCCCCCCCCCCCCCCCC. The van der Waals surface area contributed by atoms with Gasteiger partial charge in [0.2, 0.25) is 5.91 Å². The fourth-order valence-electron chi connectivity index (χ4n) is 15.1. The Morgan fingerprint density at radius 2 is 0.602 bits per heavy atom. The van der Waals surface area contributed by atoms with Gasteiger partial charge in [0, 0.05) is 6.42 Å². The summed E-state index contributed by atoms with van der Waals surface area (Å²) < 4.78 is 34.5. The van der Waals surface area contributed by atoms with Gasteiger partial charge >= 0.3 is 0 Å². The monoisotopic (exact) mass is 1470 g/mol. The minimum Gasteiger partial charge on any atom is -0.394 e. The number of hydrogen-bond donors (Lipinski definition) is 12. The Balaban J connectivity index is 1.31. The summed E-state index contributed by atoms with van der Waals surface area (Å²) in [5.74, 6) is -0.266. The molecule has 610 valence electrons. The van der Waals surface area contributed by atoms with Crippen molar-refractivity contribution in [1.29, 1.82) is 0 Å². The third kappa shape index (κ3) is 44.8. The number of hydrogen-bond acceptors (Lipinski definition) is 18. The van der Waals surface area contributed by atoms with Gasteiger partial charge in [0.15, 0.2) is 18.9 Å². The van der Waals surface area contributed by atoms with E-state index >= 15 is 0 Å². The maximum Gasteiger partial charge on any atom is 0.220 e. The average molecular weight is 1470 g/mol. The number of aliphatic hydroxyl groups excluding tert-OH is 11. The Hall–Kier alpha value is -1.47. The molecule has 17 unspecified atom stereocenters. The highest BCUT2D eigenvalue weighted by atomic mass is 16.8. The van der Waals surface area contributed by atoms with Gasteiger partial charge in [-0.3, -0.25) is 4.79 Å². The van der Waals surface area contributed by atoms with Crippen molar-refractivity contribution in [2.24, 2.45) is 0 Å². The molecule has 103 heavy (non-hydrogen) atoms. The van der Waals surface area contributed by atoms with E-state index in [1.165, 1.54) is 315 Å².